The highest BCUT2D eigenvalue weighted by molar-refractivity contribution is 6.00. The van der Waals surface area contributed by atoms with Crippen LogP contribution in [0.3, 0.4) is 0 Å². The van der Waals surface area contributed by atoms with Gasteiger partial charge in [0.2, 0.25) is 5.69 Å². The van der Waals surface area contributed by atoms with E-state index < -0.39 is 18.2 Å². The summed E-state index contributed by atoms with van der Waals surface area (Å²) in [5.41, 5.74) is 3.24. The van der Waals surface area contributed by atoms with Crippen molar-refractivity contribution in [2.45, 2.75) is 52.2 Å². The van der Waals surface area contributed by atoms with Crippen LogP contribution in [0.25, 0.3) is 4.85 Å². The molecule has 9 heteroatoms. The highest BCUT2D eigenvalue weighted by atomic mass is 16.6. The molecule has 2 aromatic carbocycles. The summed E-state index contributed by atoms with van der Waals surface area (Å²) in [6.45, 7) is 12.8. The molecule has 2 rings (SSSR count). The Morgan fingerprint density at radius 1 is 1.15 bits per heavy atom. The first-order chi connectivity index (χ1) is 16.3. The molecule has 0 aliphatic rings. The zero-order valence-electron chi connectivity index (χ0n) is 19.8. The molecule has 0 fully saturated rings. The summed E-state index contributed by atoms with van der Waals surface area (Å²) in [6.07, 6.45) is 0.379. The van der Waals surface area contributed by atoms with Crippen LogP contribution in [0.2, 0.25) is 0 Å². The monoisotopic (exact) mass is 463 g/mol. The summed E-state index contributed by atoms with van der Waals surface area (Å²) < 4.78 is 10.5. The van der Waals surface area contributed by atoms with Crippen molar-refractivity contribution >= 4 is 29.2 Å². The topological polar surface area (TPSA) is 117 Å². The van der Waals surface area contributed by atoms with Gasteiger partial charge in [0.25, 0.3) is 0 Å². The fraction of sp³-hybridized carbons (Fsp3) is 0.360. The van der Waals surface area contributed by atoms with Gasteiger partial charge in [0.1, 0.15) is 11.9 Å². The number of nitrogens with one attached hydrogen (secondary N) is 3. The molecule has 0 saturated heterocycles. The average Bonchev–Trinajstić information content (AvgIpc) is 2.83. The lowest BCUT2D eigenvalue weighted by atomic mass is 9.99. The lowest BCUT2D eigenvalue weighted by molar-refractivity contribution is 0.0950. The number of carbonyl (C=O) groups excluding carboxylic acids is 2. The quantitative estimate of drug-likeness (QED) is 0.398. The van der Waals surface area contributed by atoms with E-state index in [4.69, 9.17) is 21.3 Å². The van der Waals surface area contributed by atoms with Gasteiger partial charge in [0, 0.05) is 11.4 Å². The van der Waals surface area contributed by atoms with Crippen LogP contribution in [0.1, 0.15) is 50.8 Å². The molecule has 178 valence electrons. The normalized spacial score (nSPS) is 11.8. The van der Waals surface area contributed by atoms with Crippen molar-refractivity contribution in [1.82, 2.24) is 5.32 Å². The van der Waals surface area contributed by atoms with Gasteiger partial charge < -0.3 is 25.4 Å². The molecule has 0 spiro atoms. The van der Waals surface area contributed by atoms with Crippen LogP contribution < -0.4 is 20.7 Å². The van der Waals surface area contributed by atoms with Gasteiger partial charge in [-0.25, -0.2) is 14.4 Å². The third-order valence-electron chi connectivity index (χ3n) is 5.19. The van der Waals surface area contributed by atoms with Crippen LogP contribution in [-0.4, -0.2) is 25.3 Å². The van der Waals surface area contributed by atoms with Gasteiger partial charge >= 0.3 is 12.1 Å². The van der Waals surface area contributed by atoms with Crippen LogP contribution in [0.15, 0.2) is 36.4 Å². The second-order valence-electron chi connectivity index (χ2n) is 7.51. The molecular formula is C25H29N5O4. The summed E-state index contributed by atoms with van der Waals surface area (Å²) in [5.74, 6) is 0.370. The number of methoxy groups -OCH3 is 1. The first-order valence-corrected chi connectivity index (χ1v) is 10.9. The Bertz CT molecular complexity index is 1100. The van der Waals surface area contributed by atoms with Gasteiger partial charge in [0.05, 0.1) is 32.2 Å². The van der Waals surface area contributed by atoms with Crippen molar-refractivity contribution in [2.24, 2.45) is 0 Å². The van der Waals surface area contributed by atoms with E-state index in [9.17, 15) is 9.59 Å². The number of anilines is 2. The van der Waals surface area contributed by atoms with Crippen LogP contribution >= 0.6 is 0 Å². The molecular weight excluding hydrogens is 434 g/mol. The number of hydrogen-bond donors (Lipinski definition) is 3. The third-order valence-corrected chi connectivity index (χ3v) is 5.19. The minimum absolute atomic E-state index is 0.138. The highest BCUT2D eigenvalue weighted by Crippen LogP contribution is 2.30. The van der Waals surface area contributed by atoms with Gasteiger partial charge in [-0.1, -0.05) is 26.0 Å². The molecule has 0 aromatic heterocycles. The van der Waals surface area contributed by atoms with E-state index >= 15 is 0 Å². The fourth-order valence-electron chi connectivity index (χ4n) is 3.35. The summed E-state index contributed by atoms with van der Waals surface area (Å²) in [4.78, 5) is 28.2. The summed E-state index contributed by atoms with van der Waals surface area (Å²) in [7, 11) is 1.46. The van der Waals surface area contributed by atoms with E-state index in [0.717, 1.165) is 17.5 Å². The molecule has 9 nitrogen and oxygen atoms in total. The fourth-order valence-corrected chi connectivity index (χ4v) is 3.35. The van der Waals surface area contributed by atoms with Gasteiger partial charge in [-0.05, 0) is 55.2 Å². The summed E-state index contributed by atoms with van der Waals surface area (Å²) in [6, 6.07) is 11.4. The van der Waals surface area contributed by atoms with Gasteiger partial charge in [-0.3, -0.25) is 0 Å². The van der Waals surface area contributed by atoms with Crippen LogP contribution in [0.4, 0.5) is 26.7 Å². The maximum Gasteiger partial charge on any atom is 0.407 e. The molecule has 0 aliphatic carbocycles. The molecule has 3 N–H and O–H groups in total. The predicted molar refractivity (Wildman–Crippen MR) is 130 cm³/mol. The predicted octanol–water partition coefficient (Wildman–Crippen LogP) is 5.93. The first-order valence-electron chi connectivity index (χ1n) is 10.9. The number of aryl methyl sites for hydroxylation is 1. The van der Waals surface area contributed by atoms with E-state index in [-0.39, 0.29) is 12.5 Å². The second kappa shape index (κ2) is 12.7. The molecule has 2 atom stereocenters. The van der Waals surface area contributed by atoms with Gasteiger partial charge in [-0.2, -0.15) is 5.26 Å². The van der Waals surface area contributed by atoms with E-state index in [1.807, 2.05) is 32.9 Å². The Morgan fingerprint density at radius 3 is 2.41 bits per heavy atom. The maximum absolute atomic E-state index is 12.5. The number of rotatable bonds is 9. The average molecular weight is 464 g/mol. The highest BCUT2D eigenvalue weighted by Gasteiger charge is 2.18. The molecule has 0 aliphatic heterocycles. The van der Waals surface area contributed by atoms with Crippen molar-refractivity contribution in [3.8, 4) is 11.8 Å². The maximum atomic E-state index is 12.5. The standard InChI is InChI=1S/C25H29N5O4/c1-6-17-8-9-18(14-21(17)16(3)28-25(32)34-20(7-2)12-13-26)29-24(31)30-19-10-11-22(27-4)23(15-19)33-5/h8-11,14-16,20H,6-7,12H2,1-3,5H3,(H,28,32)(H2,29,30,31)/t16-,20-/m1/s1. The zero-order valence-corrected chi connectivity index (χ0v) is 19.8. The largest absolute Gasteiger partial charge is 0.508 e. The number of nitrogens with zero attached hydrogens (tertiary/aromatic N) is 2. The van der Waals surface area contributed by atoms with E-state index in [1.54, 1.807) is 30.3 Å². The molecule has 0 saturated carbocycles. The smallest absolute Gasteiger partial charge is 0.407 e. The van der Waals surface area contributed by atoms with Gasteiger partial charge in [0.15, 0.2) is 0 Å². The van der Waals surface area contributed by atoms with E-state index in [0.29, 0.717) is 29.2 Å². The van der Waals surface area contributed by atoms with Crippen molar-refractivity contribution < 1.29 is 19.1 Å². The molecule has 3 amide bonds. The number of carbonyl (C=O) groups is 2. The molecule has 34 heavy (non-hydrogen) atoms. The second-order valence-corrected chi connectivity index (χ2v) is 7.51. The van der Waals surface area contributed by atoms with Crippen LogP contribution in [0.5, 0.6) is 5.75 Å². The Kier molecular flexibility index (Phi) is 9.72. The van der Waals surface area contributed by atoms with Gasteiger partial charge in [-0.15, -0.1) is 0 Å². The number of amides is 3. The number of hydrogen-bond acceptors (Lipinski definition) is 5. The molecule has 2 aromatic rings. The number of urea groups is 1. The lowest BCUT2D eigenvalue weighted by Gasteiger charge is -2.21. The van der Waals surface area contributed by atoms with E-state index in [2.05, 4.69) is 20.8 Å². The zero-order chi connectivity index (χ0) is 25.1. The first kappa shape index (κ1) is 26.0. The minimum Gasteiger partial charge on any atom is -0.508 e. The number of alkyl carbamates (subject to hydrolysis) is 1. The molecule has 0 bridgehead atoms. The Morgan fingerprint density at radius 2 is 1.82 bits per heavy atom. The van der Waals surface area contributed by atoms with Crippen molar-refractivity contribution in [2.75, 3.05) is 17.7 Å². The van der Waals surface area contributed by atoms with Crippen molar-refractivity contribution in [3.05, 3.63) is 58.9 Å². The SMILES string of the molecule is [C-]#[N+]c1ccc(NC(=O)Nc2ccc(CC)c([C@@H](C)NC(=O)O[C@H](CC)CC#N)c2)cc1OC. The van der Waals surface area contributed by atoms with Crippen molar-refractivity contribution in [1.29, 1.82) is 5.26 Å². The Balaban J connectivity index is 2.10. The van der Waals surface area contributed by atoms with Crippen LogP contribution in [0, 0.1) is 17.9 Å². The van der Waals surface area contributed by atoms with Crippen LogP contribution in [-0.2, 0) is 11.2 Å². The molecule has 0 radical (unpaired) electrons. The number of benzene rings is 2. The van der Waals surface area contributed by atoms with E-state index in [1.165, 1.54) is 7.11 Å². The molecule has 0 unspecified atom stereocenters. The Hall–Kier alpha value is -4.24. The molecule has 0 heterocycles. The summed E-state index contributed by atoms with van der Waals surface area (Å²) >= 11 is 0. The lowest BCUT2D eigenvalue weighted by Crippen LogP contribution is -2.31. The minimum atomic E-state index is -0.593. The summed E-state index contributed by atoms with van der Waals surface area (Å²) in [5, 5.41) is 17.1. The number of ether oxygens (including phenoxy) is 2. The number of nitriles is 1. The Labute approximate surface area is 199 Å². The van der Waals surface area contributed by atoms with Crippen molar-refractivity contribution in [3.63, 3.8) is 0 Å². The third kappa shape index (κ3) is 7.14.